The Kier molecular flexibility index (Phi) is 13.8. The third kappa shape index (κ3) is 10.2. The van der Waals surface area contributed by atoms with Crippen molar-refractivity contribution < 1.29 is 29.0 Å². The van der Waals surface area contributed by atoms with Crippen LogP contribution in [0.2, 0.25) is 0 Å². The molecule has 2 saturated heterocycles. The molecule has 4 heterocycles. The highest BCUT2D eigenvalue weighted by atomic mass is 16.5. The van der Waals surface area contributed by atoms with Gasteiger partial charge in [-0.1, -0.05) is 31.7 Å². The van der Waals surface area contributed by atoms with Gasteiger partial charge in [0, 0.05) is 81.4 Å². The quantitative estimate of drug-likeness (QED) is 0.0701. The second-order valence-corrected chi connectivity index (χ2v) is 14.5. The third-order valence-electron chi connectivity index (χ3n) is 10.6. The molecule has 2 aliphatic rings. The largest absolute Gasteiger partial charge is 0.496 e. The molecule has 2 aromatic heterocycles. The van der Waals surface area contributed by atoms with Gasteiger partial charge in [-0.2, -0.15) is 0 Å². The van der Waals surface area contributed by atoms with Crippen molar-refractivity contribution in [3.8, 4) is 22.6 Å². The van der Waals surface area contributed by atoms with Crippen LogP contribution in [0.25, 0.3) is 22.0 Å². The Bertz CT molecular complexity index is 2010. The predicted molar refractivity (Wildman–Crippen MR) is 214 cm³/mol. The summed E-state index contributed by atoms with van der Waals surface area (Å²) in [6.45, 7) is 6.29. The second-order valence-electron chi connectivity index (χ2n) is 14.5. The number of carbonyl (C=O) groups is 3. The van der Waals surface area contributed by atoms with Crippen LogP contribution in [0.3, 0.4) is 0 Å². The summed E-state index contributed by atoms with van der Waals surface area (Å²) in [6, 6.07) is 11.6. The number of hydrogen-bond acceptors (Lipinski definition) is 10. The van der Waals surface area contributed by atoms with Crippen molar-refractivity contribution in [3.05, 3.63) is 64.7 Å². The second kappa shape index (κ2) is 19.3. The molecule has 298 valence electrons. The number of fused-ring (bicyclic) bond motifs is 1. The molecule has 1 atom stereocenters. The first-order valence-corrected chi connectivity index (χ1v) is 19.6. The lowest BCUT2D eigenvalue weighted by Crippen LogP contribution is -2.47. The van der Waals surface area contributed by atoms with E-state index in [1.54, 1.807) is 27.5 Å². The topological polar surface area (TPSA) is 176 Å². The molecule has 3 amide bonds. The molecular formula is C41H54N9O6+. The highest BCUT2D eigenvalue weighted by Gasteiger charge is 2.27. The van der Waals surface area contributed by atoms with Gasteiger partial charge in [0.05, 0.1) is 25.9 Å². The third-order valence-corrected chi connectivity index (χ3v) is 10.6. The summed E-state index contributed by atoms with van der Waals surface area (Å²) in [5, 5.41) is 19.2. The number of amides is 3. The maximum absolute atomic E-state index is 12.6. The fourth-order valence-corrected chi connectivity index (χ4v) is 7.44. The maximum atomic E-state index is 12.6. The maximum Gasteiger partial charge on any atom is 0.361 e. The van der Waals surface area contributed by atoms with E-state index in [9.17, 15) is 19.2 Å². The molecule has 1 unspecified atom stereocenters. The van der Waals surface area contributed by atoms with Crippen molar-refractivity contribution in [1.82, 2.24) is 30.5 Å². The number of nitrogens with zero attached hydrogens (tertiary/aromatic N) is 4. The zero-order chi connectivity index (χ0) is 39.4. The minimum Gasteiger partial charge on any atom is -0.496 e. The molecule has 2 aromatic carbocycles. The van der Waals surface area contributed by atoms with E-state index in [1.165, 1.54) is 23.8 Å². The normalized spacial score (nSPS) is 16.1. The number of aryl methyl sites for hydroxylation is 1. The number of anilines is 2. The fourth-order valence-electron chi connectivity index (χ4n) is 7.44. The smallest absolute Gasteiger partial charge is 0.361 e. The van der Waals surface area contributed by atoms with Crippen LogP contribution in [0.15, 0.2) is 47.4 Å². The summed E-state index contributed by atoms with van der Waals surface area (Å²) < 4.78 is 12.9. The number of carbonyl (C=O) groups excluding carboxylic acids is 3. The van der Waals surface area contributed by atoms with E-state index in [4.69, 9.17) is 9.47 Å². The van der Waals surface area contributed by atoms with E-state index in [1.807, 2.05) is 24.3 Å². The molecule has 2 fully saturated rings. The molecule has 2 aliphatic heterocycles. The zero-order valence-electron chi connectivity index (χ0n) is 32.7. The number of H-pyrrole nitrogens is 1. The van der Waals surface area contributed by atoms with E-state index in [0.717, 1.165) is 80.1 Å². The summed E-state index contributed by atoms with van der Waals surface area (Å²) in [5.41, 5.74) is 4.58. The number of ether oxygens (including phenoxy) is 2. The van der Waals surface area contributed by atoms with Crippen LogP contribution in [-0.2, 0) is 28.0 Å². The summed E-state index contributed by atoms with van der Waals surface area (Å²) in [6.07, 6.45) is 12.3. The van der Waals surface area contributed by atoms with Crippen LogP contribution in [-0.4, -0.2) is 98.4 Å². The van der Waals surface area contributed by atoms with E-state index >= 15 is 0 Å². The lowest BCUT2D eigenvalue weighted by atomic mass is 10.0. The molecular weight excluding hydrogens is 715 g/mol. The molecule has 0 spiro atoms. The van der Waals surface area contributed by atoms with Gasteiger partial charge in [-0.3, -0.25) is 29.4 Å². The van der Waals surface area contributed by atoms with Gasteiger partial charge in [0.1, 0.15) is 17.5 Å². The number of nitrogens with one attached hydrogen (secondary N) is 5. The van der Waals surface area contributed by atoms with Gasteiger partial charge < -0.3 is 34.9 Å². The number of benzene rings is 2. The number of unbranched alkanes of at least 4 members (excludes halogenated alkanes) is 5. The number of piperazine rings is 1. The van der Waals surface area contributed by atoms with Crippen LogP contribution in [0.5, 0.6) is 11.5 Å². The van der Waals surface area contributed by atoms with Gasteiger partial charge in [0.25, 0.3) is 5.56 Å². The van der Waals surface area contributed by atoms with Gasteiger partial charge in [-0.05, 0) is 66.8 Å². The molecule has 0 aliphatic carbocycles. The molecule has 5 N–H and O–H groups in total. The summed E-state index contributed by atoms with van der Waals surface area (Å²) in [4.78, 5) is 53.6. The first-order valence-electron chi connectivity index (χ1n) is 19.6. The van der Waals surface area contributed by atoms with Gasteiger partial charge in [0.2, 0.25) is 23.2 Å². The van der Waals surface area contributed by atoms with E-state index < -0.39 is 0 Å². The average molecular weight is 769 g/mol. The van der Waals surface area contributed by atoms with Gasteiger partial charge in [-0.25, -0.2) is 0 Å². The Morgan fingerprint density at radius 1 is 0.964 bits per heavy atom. The number of pyridine rings is 1. The molecule has 6 rings (SSSR count). The van der Waals surface area contributed by atoms with Gasteiger partial charge in [0.15, 0.2) is 5.39 Å². The Labute approximate surface area is 327 Å². The van der Waals surface area contributed by atoms with Crippen molar-refractivity contribution >= 4 is 40.0 Å². The Morgan fingerprint density at radius 3 is 2.43 bits per heavy atom. The highest BCUT2D eigenvalue weighted by Crippen LogP contribution is 2.36. The monoisotopic (exact) mass is 768 g/mol. The van der Waals surface area contributed by atoms with Crippen molar-refractivity contribution in [2.45, 2.75) is 64.0 Å². The number of methoxy groups -OCH3 is 2. The van der Waals surface area contributed by atoms with Crippen LogP contribution >= 0.6 is 0 Å². The number of piperidine rings is 1. The first-order chi connectivity index (χ1) is 27.2. The number of aromatic amines is 1. The summed E-state index contributed by atoms with van der Waals surface area (Å²) in [5.74, 6) is 0.677. The summed E-state index contributed by atoms with van der Waals surface area (Å²) in [7, 11) is 4.87. The van der Waals surface area contributed by atoms with E-state index in [0.29, 0.717) is 48.3 Å². The first kappa shape index (κ1) is 40.1. The van der Waals surface area contributed by atoms with Crippen LogP contribution in [0, 0.1) is 6.20 Å². The van der Waals surface area contributed by atoms with Crippen LogP contribution in [0.4, 0.5) is 11.4 Å². The highest BCUT2D eigenvalue weighted by molar-refractivity contribution is 6.01. The number of rotatable bonds is 19. The zero-order valence-corrected chi connectivity index (χ0v) is 32.7. The van der Waals surface area contributed by atoms with Crippen molar-refractivity contribution in [2.24, 2.45) is 7.05 Å². The number of hydrogen-bond donors (Lipinski definition) is 5. The van der Waals surface area contributed by atoms with Crippen molar-refractivity contribution in [1.29, 1.82) is 0 Å². The summed E-state index contributed by atoms with van der Waals surface area (Å²) >= 11 is 0. The van der Waals surface area contributed by atoms with Crippen LogP contribution < -0.4 is 46.3 Å². The van der Waals surface area contributed by atoms with Crippen molar-refractivity contribution in [3.63, 3.8) is 0 Å². The standard InChI is InChI=1S/C41H53N9O6/c1-48-27-33(31-25-44-47-39(31)41(48)54)28-21-35(55-2)32(36(22-28)56-3)24-42-26-38(52)43-15-8-6-4-5-7-9-16-49-17-19-50(20-18-49)30-12-10-11-29(23-30)45-34-13-14-37(51)46-40(34)53/h10-12,21-23,27,34,42,45H,4-9,13-20,24,26H2,1-3H3,(H2,43,46,51,52,53)/p+1. The lowest BCUT2D eigenvalue weighted by Gasteiger charge is -2.36. The predicted octanol–water partition coefficient (Wildman–Crippen LogP) is 2.54. The van der Waals surface area contributed by atoms with E-state index in [-0.39, 0.29) is 35.9 Å². The number of imide groups is 1. The lowest BCUT2D eigenvalue weighted by molar-refractivity contribution is -0.369. The van der Waals surface area contributed by atoms with Crippen LogP contribution in [0.1, 0.15) is 56.9 Å². The SMILES string of the molecule is COc1cc(-c2cn(C)c(=O)c3[nH][n+]#cc23)cc(OC)c1CNCC(=O)NCCCCCCCCN1CCN(c2cccc(NC3CCC(=O)NC3=O)c2)CC1. The molecule has 4 aromatic rings. The number of aromatic nitrogens is 3. The van der Waals surface area contributed by atoms with Gasteiger partial charge in [-0.15, -0.1) is 0 Å². The average Bonchev–Trinajstić information content (AvgIpc) is 3.70. The molecule has 15 nitrogen and oxygen atoms in total. The van der Waals surface area contributed by atoms with Crippen molar-refractivity contribution in [2.75, 3.05) is 70.2 Å². The van der Waals surface area contributed by atoms with Gasteiger partial charge >= 0.3 is 6.20 Å². The molecule has 0 bridgehead atoms. The Balaban J connectivity index is 0.823. The van der Waals surface area contributed by atoms with E-state index in [2.05, 4.69) is 59.6 Å². The molecule has 56 heavy (non-hydrogen) atoms. The minimum absolute atomic E-state index is 0.0562. The molecule has 0 radical (unpaired) electrons. The molecule has 15 heteroatoms. The fraction of sp³-hybridized carbons (Fsp3) is 0.488. The Morgan fingerprint density at radius 2 is 1.70 bits per heavy atom. The Hall–Kier alpha value is -5.59. The molecule has 0 saturated carbocycles. The minimum atomic E-state index is -0.384.